The molecular formula is C19H15ClF6N4O2. The molecule has 6 nitrogen and oxygen atoms in total. The Hall–Kier alpha value is -3.02. The summed E-state index contributed by atoms with van der Waals surface area (Å²) in [5.41, 5.74) is 0.621. The summed E-state index contributed by atoms with van der Waals surface area (Å²) in [6, 6.07) is 0.980. The SMILES string of the molecule is CC1([C@@H](c2cnc(C(F)(F)F)c(F)c2)c2ccc(F)c(Cl)c2F)C(=O)NCCN1C(N)=O. The molecule has 3 rings (SSSR count). The van der Waals surface area contributed by atoms with Gasteiger partial charge in [0.15, 0.2) is 11.5 Å². The van der Waals surface area contributed by atoms with Gasteiger partial charge in [0.1, 0.15) is 22.2 Å². The number of nitrogens with two attached hydrogens (primary N) is 1. The fourth-order valence-electron chi connectivity index (χ4n) is 3.83. The number of aromatic nitrogens is 1. The number of alkyl halides is 3. The highest BCUT2D eigenvalue weighted by atomic mass is 35.5. The zero-order valence-electron chi connectivity index (χ0n) is 16.2. The summed E-state index contributed by atoms with van der Waals surface area (Å²) in [6.07, 6.45) is -4.52. The second kappa shape index (κ2) is 8.15. The summed E-state index contributed by atoms with van der Waals surface area (Å²) in [5.74, 6) is -6.79. The molecule has 0 spiro atoms. The van der Waals surface area contributed by atoms with Gasteiger partial charge in [0.2, 0.25) is 5.91 Å². The number of rotatable bonds is 3. The van der Waals surface area contributed by atoms with Gasteiger partial charge >= 0.3 is 12.2 Å². The van der Waals surface area contributed by atoms with E-state index < -0.39 is 68.9 Å². The van der Waals surface area contributed by atoms with E-state index >= 15 is 4.39 Å². The summed E-state index contributed by atoms with van der Waals surface area (Å²) in [7, 11) is 0. The average molecular weight is 481 g/mol. The molecule has 3 amide bonds. The van der Waals surface area contributed by atoms with E-state index in [0.717, 1.165) is 17.0 Å². The number of benzene rings is 1. The van der Waals surface area contributed by atoms with Gasteiger partial charge < -0.3 is 16.0 Å². The van der Waals surface area contributed by atoms with Crippen LogP contribution in [0.3, 0.4) is 0 Å². The molecule has 2 aromatic rings. The Bertz CT molecular complexity index is 1100. The van der Waals surface area contributed by atoms with Crippen LogP contribution in [0, 0.1) is 17.5 Å². The molecule has 1 saturated heterocycles. The van der Waals surface area contributed by atoms with E-state index in [-0.39, 0.29) is 13.1 Å². The van der Waals surface area contributed by atoms with E-state index in [1.165, 1.54) is 6.92 Å². The van der Waals surface area contributed by atoms with Crippen LogP contribution in [-0.4, -0.2) is 40.5 Å². The predicted molar refractivity (Wildman–Crippen MR) is 100 cm³/mol. The fraction of sp³-hybridized carbons (Fsp3) is 0.316. The number of piperazine rings is 1. The molecule has 1 unspecified atom stereocenters. The predicted octanol–water partition coefficient (Wildman–Crippen LogP) is 3.57. The fourth-order valence-corrected chi connectivity index (χ4v) is 4.00. The van der Waals surface area contributed by atoms with Crippen LogP contribution < -0.4 is 11.1 Å². The lowest BCUT2D eigenvalue weighted by Gasteiger charge is -2.47. The van der Waals surface area contributed by atoms with Crippen molar-refractivity contribution in [3.63, 3.8) is 0 Å². The molecule has 0 aliphatic carbocycles. The zero-order chi connectivity index (χ0) is 24.0. The van der Waals surface area contributed by atoms with Crippen molar-refractivity contribution in [3.8, 4) is 0 Å². The Morgan fingerprint density at radius 3 is 2.50 bits per heavy atom. The van der Waals surface area contributed by atoms with Crippen molar-refractivity contribution < 1.29 is 35.9 Å². The van der Waals surface area contributed by atoms with Gasteiger partial charge in [-0.1, -0.05) is 17.7 Å². The number of carbonyl (C=O) groups is 2. The Labute approximate surface area is 182 Å². The number of hydrogen-bond acceptors (Lipinski definition) is 3. The number of primary amides is 1. The Morgan fingerprint density at radius 2 is 1.94 bits per heavy atom. The van der Waals surface area contributed by atoms with Crippen LogP contribution in [-0.2, 0) is 11.0 Å². The highest BCUT2D eigenvalue weighted by Gasteiger charge is 2.52. The maximum Gasteiger partial charge on any atom is 0.436 e. The lowest BCUT2D eigenvalue weighted by atomic mass is 9.73. The first kappa shape index (κ1) is 23.6. The lowest BCUT2D eigenvalue weighted by molar-refractivity contribution is -0.143. The first-order valence-corrected chi connectivity index (χ1v) is 9.39. The summed E-state index contributed by atoms with van der Waals surface area (Å²) in [5, 5.41) is 1.50. The molecule has 0 bridgehead atoms. The smallest absolute Gasteiger partial charge is 0.352 e. The van der Waals surface area contributed by atoms with Gasteiger partial charge in [-0.05, 0) is 24.6 Å². The van der Waals surface area contributed by atoms with Gasteiger partial charge in [-0.2, -0.15) is 13.2 Å². The normalized spacial score (nSPS) is 20.1. The van der Waals surface area contributed by atoms with E-state index in [0.29, 0.717) is 12.3 Å². The number of hydrogen-bond donors (Lipinski definition) is 2. The highest BCUT2D eigenvalue weighted by molar-refractivity contribution is 6.31. The molecule has 0 radical (unpaired) electrons. The van der Waals surface area contributed by atoms with Crippen molar-refractivity contribution >= 4 is 23.5 Å². The molecular weight excluding hydrogens is 466 g/mol. The molecule has 1 aliphatic heterocycles. The number of carbonyl (C=O) groups excluding carboxylic acids is 2. The Balaban J connectivity index is 2.33. The number of nitrogens with one attached hydrogen (secondary N) is 1. The Morgan fingerprint density at radius 1 is 1.28 bits per heavy atom. The van der Waals surface area contributed by atoms with Crippen molar-refractivity contribution in [2.45, 2.75) is 24.6 Å². The number of halogens is 7. The molecule has 1 aromatic carbocycles. The van der Waals surface area contributed by atoms with Gasteiger partial charge in [-0.3, -0.25) is 4.79 Å². The Kier molecular flexibility index (Phi) is 6.02. The summed E-state index contributed by atoms with van der Waals surface area (Å²) < 4.78 is 82.0. The molecule has 1 fully saturated rings. The minimum Gasteiger partial charge on any atom is -0.352 e. The third-order valence-electron chi connectivity index (χ3n) is 5.31. The van der Waals surface area contributed by atoms with Gasteiger partial charge in [-0.25, -0.2) is 22.9 Å². The third-order valence-corrected chi connectivity index (χ3v) is 5.66. The van der Waals surface area contributed by atoms with Crippen LogP contribution in [0.5, 0.6) is 0 Å². The molecule has 1 aliphatic rings. The zero-order valence-corrected chi connectivity index (χ0v) is 17.0. The summed E-state index contributed by atoms with van der Waals surface area (Å²) in [6.45, 7) is 1.01. The lowest BCUT2D eigenvalue weighted by Crippen LogP contribution is -2.68. The van der Waals surface area contributed by atoms with Crippen LogP contribution in [0.1, 0.15) is 29.7 Å². The third kappa shape index (κ3) is 3.83. The number of amides is 3. The molecule has 13 heteroatoms. The minimum absolute atomic E-state index is 0.0175. The maximum absolute atomic E-state index is 15.0. The van der Waals surface area contributed by atoms with Crippen LogP contribution in [0.4, 0.5) is 31.1 Å². The molecule has 3 N–H and O–H groups in total. The van der Waals surface area contributed by atoms with Crippen molar-refractivity contribution in [3.05, 3.63) is 63.7 Å². The quantitative estimate of drug-likeness (QED) is 0.520. The molecule has 2 atom stereocenters. The van der Waals surface area contributed by atoms with Crippen molar-refractivity contribution in [2.75, 3.05) is 13.1 Å². The van der Waals surface area contributed by atoms with Crippen LogP contribution in [0.2, 0.25) is 5.02 Å². The second-order valence-electron chi connectivity index (χ2n) is 7.19. The summed E-state index contributed by atoms with van der Waals surface area (Å²) in [4.78, 5) is 29.0. The average Bonchev–Trinajstić information content (AvgIpc) is 2.69. The van der Waals surface area contributed by atoms with E-state index in [2.05, 4.69) is 10.3 Å². The van der Waals surface area contributed by atoms with Crippen LogP contribution in [0.15, 0.2) is 24.4 Å². The van der Waals surface area contributed by atoms with E-state index in [9.17, 15) is 31.5 Å². The largest absolute Gasteiger partial charge is 0.436 e. The first-order chi connectivity index (χ1) is 14.8. The monoisotopic (exact) mass is 480 g/mol. The van der Waals surface area contributed by atoms with Crippen molar-refractivity contribution in [1.82, 2.24) is 15.2 Å². The van der Waals surface area contributed by atoms with Crippen molar-refractivity contribution in [1.29, 1.82) is 0 Å². The number of urea groups is 1. The van der Waals surface area contributed by atoms with E-state index in [1.807, 2.05) is 0 Å². The highest BCUT2D eigenvalue weighted by Crippen LogP contribution is 2.43. The van der Waals surface area contributed by atoms with Gasteiger partial charge in [0, 0.05) is 30.8 Å². The maximum atomic E-state index is 15.0. The van der Waals surface area contributed by atoms with Gasteiger partial charge in [0.05, 0.1) is 0 Å². The second-order valence-corrected chi connectivity index (χ2v) is 7.57. The van der Waals surface area contributed by atoms with Crippen molar-refractivity contribution in [2.24, 2.45) is 5.73 Å². The molecule has 172 valence electrons. The van der Waals surface area contributed by atoms with Crippen LogP contribution >= 0.6 is 11.6 Å². The minimum atomic E-state index is -5.12. The topological polar surface area (TPSA) is 88.3 Å². The molecule has 0 saturated carbocycles. The van der Waals surface area contributed by atoms with Gasteiger partial charge in [0.25, 0.3) is 0 Å². The summed E-state index contributed by atoms with van der Waals surface area (Å²) >= 11 is 5.66. The molecule has 32 heavy (non-hydrogen) atoms. The van der Waals surface area contributed by atoms with E-state index in [1.54, 1.807) is 0 Å². The van der Waals surface area contributed by atoms with Gasteiger partial charge in [-0.15, -0.1) is 0 Å². The van der Waals surface area contributed by atoms with E-state index in [4.69, 9.17) is 17.3 Å². The first-order valence-electron chi connectivity index (χ1n) is 9.01. The number of pyridine rings is 1. The molecule has 2 heterocycles. The number of nitrogens with zero attached hydrogens (tertiary/aromatic N) is 2. The molecule has 1 aromatic heterocycles. The standard InChI is InChI=1S/C19H15ClF6N4O2/c1-18(16(31)28-4-5-30(18)17(27)32)12(9-2-3-10(21)13(20)14(9)23)8-6-11(22)15(29-7-8)19(24,25)26/h2-3,6-7,12H,4-5H2,1H3,(H2,27,32)(H,28,31)/t12-,18?/m0/s1. The van der Waals surface area contributed by atoms with Crippen LogP contribution in [0.25, 0.3) is 0 Å².